The predicted molar refractivity (Wildman–Crippen MR) is 115 cm³/mol. The molecule has 0 radical (unpaired) electrons. The van der Waals surface area contributed by atoms with Crippen molar-refractivity contribution in [2.75, 3.05) is 0 Å². The first kappa shape index (κ1) is 21.1. The summed E-state index contributed by atoms with van der Waals surface area (Å²) in [6.45, 7) is 0.153. The van der Waals surface area contributed by atoms with Gasteiger partial charge in [-0.2, -0.15) is 0 Å². The van der Waals surface area contributed by atoms with Crippen LogP contribution in [0.25, 0.3) is 21.7 Å². The molecule has 9 heteroatoms. The van der Waals surface area contributed by atoms with Gasteiger partial charge in [0.2, 0.25) is 10.0 Å². The first-order valence-corrected chi connectivity index (χ1v) is 11.4. The van der Waals surface area contributed by atoms with Crippen LogP contribution in [0.1, 0.15) is 5.01 Å². The molecule has 4 rings (SSSR count). The molecule has 158 valence electrons. The number of benzene rings is 3. The van der Waals surface area contributed by atoms with E-state index in [2.05, 4.69) is 4.98 Å². The van der Waals surface area contributed by atoms with Crippen LogP contribution in [0.15, 0.2) is 77.7 Å². The van der Waals surface area contributed by atoms with Gasteiger partial charge in [0.25, 0.3) is 0 Å². The number of halogens is 2. The van der Waals surface area contributed by atoms with Gasteiger partial charge in [-0.3, -0.25) is 0 Å². The largest absolute Gasteiger partial charge is 0.486 e. The van der Waals surface area contributed by atoms with Gasteiger partial charge in [0.05, 0.1) is 15.5 Å². The molecule has 0 saturated carbocycles. The number of ether oxygens (including phenoxy) is 1. The fraction of sp³-hybridized carbons (Fsp3) is 0.0455. The minimum Gasteiger partial charge on any atom is -0.486 e. The van der Waals surface area contributed by atoms with Gasteiger partial charge < -0.3 is 4.74 Å². The zero-order chi connectivity index (χ0) is 22.0. The number of hydrogen-bond donors (Lipinski definition) is 1. The van der Waals surface area contributed by atoms with Crippen molar-refractivity contribution >= 4 is 21.4 Å². The molecule has 2 N–H and O–H groups in total. The molecule has 5 nitrogen and oxygen atoms in total. The highest BCUT2D eigenvalue weighted by molar-refractivity contribution is 7.89. The summed E-state index contributed by atoms with van der Waals surface area (Å²) in [5.41, 5.74) is 2.06. The van der Waals surface area contributed by atoms with Crippen LogP contribution in [0, 0.1) is 11.6 Å². The maximum absolute atomic E-state index is 13.4. The number of nitrogens with zero attached hydrogens (tertiary/aromatic N) is 1. The average molecular weight is 459 g/mol. The molecule has 0 fully saturated rings. The van der Waals surface area contributed by atoms with Crippen LogP contribution in [0.4, 0.5) is 8.78 Å². The standard InChI is InChI=1S/C22H16F2N2O3S2/c23-16-5-1-14(2-6-16)21-22(15-3-11-19(12-4-15)31(25,27)28)30-20(26-21)13-29-18-9-7-17(24)8-10-18/h1-12H,13H2,(H2,25,27,28). The second kappa shape index (κ2) is 8.54. The molecular formula is C22H16F2N2O3S2. The van der Waals surface area contributed by atoms with Crippen molar-refractivity contribution < 1.29 is 21.9 Å². The summed E-state index contributed by atoms with van der Waals surface area (Å²) < 4.78 is 55.2. The minimum atomic E-state index is -3.81. The van der Waals surface area contributed by atoms with Crippen molar-refractivity contribution in [2.45, 2.75) is 11.5 Å². The Morgan fingerprint density at radius 3 is 1.97 bits per heavy atom. The number of thiazole rings is 1. The third-order valence-electron chi connectivity index (χ3n) is 4.41. The normalized spacial score (nSPS) is 11.5. The molecule has 0 unspecified atom stereocenters. The van der Waals surface area contributed by atoms with E-state index >= 15 is 0 Å². The molecule has 0 saturated heterocycles. The highest BCUT2D eigenvalue weighted by atomic mass is 32.2. The fourth-order valence-electron chi connectivity index (χ4n) is 2.90. The van der Waals surface area contributed by atoms with E-state index in [1.807, 2.05) is 0 Å². The van der Waals surface area contributed by atoms with Gasteiger partial charge in [-0.1, -0.05) is 12.1 Å². The molecule has 0 amide bonds. The first-order chi connectivity index (χ1) is 14.8. The van der Waals surface area contributed by atoms with Gasteiger partial charge in [-0.15, -0.1) is 11.3 Å². The summed E-state index contributed by atoms with van der Waals surface area (Å²) in [6, 6.07) is 17.7. The Bertz CT molecular complexity index is 1300. The lowest BCUT2D eigenvalue weighted by molar-refractivity contribution is 0.305. The smallest absolute Gasteiger partial charge is 0.238 e. The second-order valence-electron chi connectivity index (χ2n) is 6.60. The highest BCUT2D eigenvalue weighted by Gasteiger charge is 2.17. The Balaban J connectivity index is 1.70. The maximum atomic E-state index is 13.4. The van der Waals surface area contributed by atoms with Crippen molar-refractivity contribution in [1.29, 1.82) is 0 Å². The molecule has 0 atom stereocenters. The van der Waals surface area contributed by atoms with Gasteiger partial charge in [0.15, 0.2) is 0 Å². The van der Waals surface area contributed by atoms with Crippen LogP contribution in [-0.2, 0) is 16.6 Å². The van der Waals surface area contributed by atoms with E-state index in [0.717, 1.165) is 10.4 Å². The Morgan fingerprint density at radius 2 is 1.39 bits per heavy atom. The molecule has 1 aromatic heterocycles. The number of hydrogen-bond acceptors (Lipinski definition) is 5. The van der Waals surface area contributed by atoms with E-state index in [0.29, 0.717) is 22.0 Å². The Hall–Kier alpha value is -3.14. The Morgan fingerprint density at radius 1 is 0.839 bits per heavy atom. The van der Waals surface area contributed by atoms with E-state index in [1.165, 1.54) is 59.9 Å². The lowest BCUT2D eigenvalue weighted by Gasteiger charge is -2.04. The van der Waals surface area contributed by atoms with E-state index in [4.69, 9.17) is 9.88 Å². The summed E-state index contributed by atoms with van der Waals surface area (Å²) in [5.74, 6) is -0.220. The predicted octanol–water partition coefficient (Wildman–Crippen LogP) is 4.98. The first-order valence-electron chi connectivity index (χ1n) is 9.07. The van der Waals surface area contributed by atoms with Crippen molar-refractivity contribution in [3.63, 3.8) is 0 Å². The monoisotopic (exact) mass is 458 g/mol. The lowest BCUT2D eigenvalue weighted by atomic mass is 10.1. The maximum Gasteiger partial charge on any atom is 0.238 e. The van der Waals surface area contributed by atoms with Crippen LogP contribution < -0.4 is 9.88 Å². The number of sulfonamides is 1. The molecule has 0 spiro atoms. The van der Waals surface area contributed by atoms with E-state index < -0.39 is 10.0 Å². The minimum absolute atomic E-state index is 0.00367. The molecule has 0 aliphatic rings. The molecule has 1 heterocycles. The molecule has 0 aliphatic heterocycles. The van der Waals surface area contributed by atoms with Crippen molar-refractivity contribution in [3.8, 4) is 27.4 Å². The number of primary sulfonamides is 1. The van der Waals surface area contributed by atoms with Crippen molar-refractivity contribution in [1.82, 2.24) is 4.98 Å². The second-order valence-corrected chi connectivity index (χ2v) is 9.25. The van der Waals surface area contributed by atoms with Crippen LogP contribution in [0.5, 0.6) is 5.75 Å². The lowest BCUT2D eigenvalue weighted by Crippen LogP contribution is -2.11. The van der Waals surface area contributed by atoms with Crippen LogP contribution in [0.3, 0.4) is 0 Å². The number of nitrogens with two attached hydrogens (primary N) is 1. The topological polar surface area (TPSA) is 82.3 Å². The van der Waals surface area contributed by atoms with E-state index in [1.54, 1.807) is 24.3 Å². The van der Waals surface area contributed by atoms with Gasteiger partial charge in [-0.05, 0) is 66.2 Å². The van der Waals surface area contributed by atoms with Gasteiger partial charge >= 0.3 is 0 Å². The molecule has 4 aromatic rings. The summed E-state index contributed by atoms with van der Waals surface area (Å²) in [4.78, 5) is 5.42. The van der Waals surface area contributed by atoms with E-state index in [-0.39, 0.29) is 23.1 Å². The van der Waals surface area contributed by atoms with Crippen molar-refractivity contribution in [2.24, 2.45) is 5.14 Å². The summed E-state index contributed by atoms with van der Waals surface area (Å²) in [5, 5.41) is 5.82. The van der Waals surface area contributed by atoms with E-state index in [9.17, 15) is 17.2 Å². The molecule has 31 heavy (non-hydrogen) atoms. The van der Waals surface area contributed by atoms with Gasteiger partial charge in [-0.25, -0.2) is 27.3 Å². The Labute approximate surface area is 181 Å². The third-order valence-corrected chi connectivity index (χ3v) is 6.42. The van der Waals surface area contributed by atoms with Crippen molar-refractivity contribution in [3.05, 3.63) is 89.4 Å². The number of aromatic nitrogens is 1. The van der Waals surface area contributed by atoms with Crippen LogP contribution >= 0.6 is 11.3 Å². The molecular weight excluding hydrogens is 442 g/mol. The molecule has 0 aliphatic carbocycles. The zero-order valence-corrected chi connectivity index (χ0v) is 17.6. The van der Waals surface area contributed by atoms with Gasteiger partial charge in [0.1, 0.15) is 29.0 Å². The number of rotatable bonds is 6. The molecule has 0 bridgehead atoms. The molecule has 3 aromatic carbocycles. The average Bonchev–Trinajstić information content (AvgIpc) is 3.18. The van der Waals surface area contributed by atoms with Gasteiger partial charge in [0, 0.05) is 5.56 Å². The Kier molecular flexibility index (Phi) is 5.81. The zero-order valence-electron chi connectivity index (χ0n) is 16.0. The summed E-state index contributed by atoms with van der Waals surface area (Å²) >= 11 is 1.36. The van der Waals surface area contributed by atoms with Crippen LogP contribution in [0.2, 0.25) is 0 Å². The summed E-state index contributed by atoms with van der Waals surface area (Å²) in [6.07, 6.45) is 0. The van der Waals surface area contributed by atoms with Crippen LogP contribution in [-0.4, -0.2) is 13.4 Å². The third kappa shape index (κ3) is 4.96. The summed E-state index contributed by atoms with van der Waals surface area (Å²) in [7, 11) is -3.81. The fourth-order valence-corrected chi connectivity index (χ4v) is 4.42. The SMILES string of the molecule is NS(=O)(=O)c1ccc(-c2sc(COc3ccc(F)cc3)nc2-c2ccc(F)cc2)cc1. The highest BCUT2D eigenvalue weighted by Crippen LogP contribution is 2.37. The quantitative estimate of drug-likeness (QED) is 0.442.